The largest absolute Gasteiger partial charge is 0.369 e. The number of hydrogen-bond acceptors (Lipinski definition) is 4. The van der Waals surface area contributed by atoms with Crippen LogP contribution >= 0.6 is 0 Å². The average molecular weight is 445 g/mol. The number of amides is 2. The summed E-state index contributed by atoms with van der Waals surface area (Å²) in [4.78, 5) is 28.9. The third kappa shape index (κ3) is 6.50. The molecule has 3 rings (SSSR count). The summed E-state index contributed by atoms with van der Waals surface area (Å²) in [6.07, 6.45) is 0.688. The van der Waals surface area contributed by atoms with E-state index in [1.807, 2.05) is 6.92 Å². The summed E-state index contributed by atoms with van der Waals surface area (Å²) < 4.78 is 26.9. The minimum absolute atomic E-state index is 0.165. The molecule has 2 N–H and O–H groups in total. The fourth-order valence-corrected chi connectivity index (χ4v) is 3.75. The van der Waals surface area contributed by atoms with Crippen molar-refractivity contribution in [3.05, 3.63) is 65.2 Å². The molecule has 1 aliphatic heterocycles. The van der Waals surface area contributed by atoms with Crippen molar-refractivity contribution in [1.29, 1.82) is 0 Å². The van der Waals surface area contributed by atoms with Crippen molar-refractivity contribution >= 4 is 17.5 Å². The highest BCUT2D eigenvalue weighted by Gasteiger charge is 2.21. The van der Waals surface area contributed by atoms with Crippen LogP contribution in [-0.4, -0.2) is 56.5 Å². The lowest BCUT2D eigenvalue weighted by atomic mass is 10.0. The van der Waals surface area contributed by atoms with E-state index in [1.165, 1.54) is 36.4 Å². The summed E-state index contributed by atoms with van der Waals surface area (Å²) >= 11 is 0. The monoisotopic (exact) mass is 444 g/mol. The van der Waals surface area contributed by atoms with E-state index in [-0.39, 0.29) is 30.1 Å². The van der Waals surface area contributed by atoms with Gasteiger partial charge in [-0.3, -0.25) is 9.59 Å². The zero-order chi connectivity index (χ0) is 23.1. The number of carbonyl (C=O) groups excluding carboxylic acids is 2. The van der Waals surface area contributed by atoms with E-state index < -0.39 is 5.82 Å². The molecule has 8 heteroatoms. The number of benzene rings is 2. The van der Waals surface area contributed by atoms with Crippen LogP contribution in [0, 0.1) is 11.6 Å². The molecule has 2 amide bonds. The second kappa shape index (κ2) is 11.0. The number of halogens is 2. The van der Waals surface area contributed by atoms with Gasteiger partial charge in [-0.1, -0.05) is 0 Å². The highest BCUT2D eigenvalue weighted by Crippen LogP contribution is 2.28. The van der Waals surface area contributed by atoms with Gasteiger partial charge in [0.25, 0.3) is 5.91 Å². The Morgan fingerprint density at radius 1 is 1.00 bits per heavy atom. The van der Waals surface area contributed by atoms with Crippen LogP contribution in [0.1, 0.15) is 41.7 Å². The molecular weight excluding hydrogens is 414 g/mol. The van der Waals surface area contributed by atoms with Crippen LogP contribution in [0.3, 0.4) is 0 Å². The first kappa shape index (κ1) is 23.7. The molecule has 1 atom stereocenters. The summed E-state index contributed by atoms with van der Waals surface area (Å²) in [6.45, 7) is 5.74. The maximum absolute atomic E-state index is 14.0. The second-order valence-corrected chi connectivity index (χ2v) is 8.15. The lowest BCUT2D eigenvalue weighted by Crippen LogP contribution is -2.45. The fourth-order valence-electron chi connectivity index (χ4n) is 3.75. The van der Waals surface area contributed by atoms with Gasteiger partial charge in [0.05, 0.1) is 6.04 Å². The third-order valence-electron chi connectivity index (χ3n) is 5.65. The van der Waals surface area contributed by atoms with Gasteiger partial charge in [0.1, 0.15) is 11.6 Å². The Morgan fingerprint density at radius 3 is 2.34 bits per heavy atom. The molecule has 1 unspecified atom stereocenters. The minimum atomic E-state index is -0.401. The van der Waals surface area contributed by atoms with Gasteiger partial charge in [0.2, 0.25) is 5.91 Å². The molecule has 32 heavy (non-hydrogen) atoms. The van der Waals surface area contributed by atoms with Gasteiger partial charge in [-0.25, -0.2) is 8.78 Å². The number of nitrogens with one attached hydrogen (secondary N) is 2. The van der Waals surface area contributed by atoms with Crippen LogP contribution in [0.5, 0.6) is 0 Å². The Labute approximate surface area is 187 Å². The van der Waals surface area contributed by atoms with Crippen LogP contribution in [0.2, 0.25) is 0 Å². The van der Waals surface area contributed by atoms with Crippen molar-refractivity contribution in [3.8, 4) is 0 Å². The minimum Gasteiger partial charge on any atom is -0.369 e. The lowest BCUT2D eigenvalue weighted by molar-refractivity contribution is -0.121. The first-order chi connectivity index (χ1) is 15.3. The van der Waals surface area contributed by atoms with Crippen molar-refractivity contribution in [1.82, 2.24) is 15.5 Å². The van der Waals surface area contributed by atoms with Gasteiger partial charge in [-0.05, 0) is 62.9 Å². The van der Waals surface area contributed by atoms with Crippen molar-refractivity contribution in [3.63, 3.8) is 0 Å². The van der Waals surface area contributed by atoms with Crippen molar-refractivity contribution < 1.29 is 18.4 Å². The maximum atomic E-state index is 14.0. The van der Waals surface area contributed by atoms with Gasteiger partial charge in [-0.2, -0.15) is 0 Å². The second-order valence-electron chi connectivity index (χ2n) is 8.15. The van der Waals surface area contributed by atoms with Crippen LogP contribution < -0.4 is 15.5 Å². The predicted molar refractivity (Wildman–Crippen MR) is 121 cm³/mol. The number of piperazine rings is 1. The first-order valence-corrected chi connectivity index (χ1v) is 10.9. The SMILES string of the molecule is CC(NC(=O)CCCNC(=O)c1ccc(F)cc1)c1cc(F)ccc1N1CCN(C)CC1. The summed E-state index contributed by atoms with van der Waals surface area (Å²) in [5.41, 5.74) is 2.07. The Balaban J connectivity index is 1.49. The van der Waals surface area contributed by atoms with Gasteiger partial charge < -0.3 is 20.4 Å². The van der Waals surface area contributed by atoms with Gasteiger partial charge in [0, 0.05) is 56.0 Å². The summed E-state index contributed by atoms with van der Waals surface area (Å²) in [6, 6.07) is 9.66. The average Bonchev–Trinajstić information content (AvgIpc) is 2.77. The van der Waals surface area contributed by atoms with Crippen LogP contribution in [0.15, 0.2) is 42.5 Å². The van der Waals surface area contributed by atoms with E-state index in [9.17, 15) is 18.4 Å². The molecule has 1 aliphatic rings. The molecule has 172 valence electrons. The Bertz CT molecular complexity index is 928. The number of nitrogens with zero attached hydrogens (tertiary/aromatic N) is 2. The Hall–Kier alpha value is -3.00. The molecule has 1 saturated heterocycles. The zero-order valence-electron chi connectivity index (χ0n) is 18.5. The predicted octanol–water partition coefficient (Wildman–Crippen LogP) is 3.10. The number of anilines is 1. The van der Waals surface area contributed by atoms with E-state index in [1.54, 1.807) is 6.07 Å². The highest BCUT2D eigenvalue weighted by molar-refractivity contribution is 5.94. The Morgan fingerprint density at radius 2 is 1.66 bits per heavy atom. The third-order valence-corrected chi connectivity index (χ3v) is 5.65. The van der Waals surface area contributed by atoms with Gasteiger partial charge >= 0.3 is 0 Å². The number of rotatable bonds is 8. The fraction of sp³-hybridized carbons (Fsp3) is 0.417. The molecule has 0 bridgehead atoms. The van der Waals surface area contributed by atoms with Gasteiger partial charge in [0.15, 0.2) is 0 Å². The molecule has 0 radical (unpaired) electrons. The van der Waals surface area contributed by atoms with E-state index in [0.717, 1.165) is 37.4 Å². The zero-order valence-corrected chi connectivity index (χ0v) is 18.5. The normalized spacial score (nSPS) is 15.3. The van der Waals surface area contributed by atoms with E-state index >= 15 is 0 Å². The molecule has 2 aromatic rings. The molecule has 0 aliphatic carbocycles. The van der Waals surface area contributed by atoms with Crippen LogP contribution in [0.4, 0.5) is 14.5 Å². The summed E-state index contributed by atoms with van der Waals surface area (Å²) in [7, 11) is 2.08. The Kier molecular flexibility index (Phi) is 8.16. The van der Waals surface area contributed by atoms with Gasteiger partial charge in [-0.15, -0.1) is 0 Å². The maximum Gasteiger partial charge on any atom is 0.251 e. The molecule has 1 heterocycles. The van der Waals surface area contributed by atoms with Crippen LogP contribution in [0.25, 0.3) is 0 Å². The smallest absolute Gasteiger partial charge is 0.251 e. The number of likely N-dealkylation sites (N-methyl/N-ethyl adjacent to an activating group) is 1. The van der Waals surface area contributed by atoms with Crippen molar-refractivity contribution in [2.75, 3.05) is 44.7 Å². The molecule has 0 saturated carbocycles. The molecule has 0 spiro atoms. The lowest BCUT2D eigenvalue weighted by Gasteiger charge is -2.36. The molecular formula is C24H30F2N4O2. The van der Waals surface area contributed by atoms with Crippen LogP contribution in [-0.2, 0) is 4.79 Å². The number of hydrogen-bond donors (Lipinski definition) is 2. The standard InChI is InChI=1S/C24H30F2N4O2/c1-17(21-16-20(26)9-10-22(21)30-14-12-29(2)13-15-30)28-23(31)4-3-11-27-24(32)18-5-7-19(25)8-6-18/h5-10,16-17H,3-4,11-15H2,1-2H3,(H,27,32)(H,28,31). The molecule has 0 aromatic heterocycles. The molecule has 2 aromatic carbocycles. The summed E-state index contributed by atoms with van der Waals surface area (Å²) in [5.74, 6) is -1.21. The highest BCUT2D eigenvalue weighted by atomic mass is 19.1. The van der Waals surface area contributed by atoms with E-state index in [0.29, 0.717) is 18.5 Å². The van der Waals surface area contributed by atoms with E-state index in [4.69, 9.17) is 0 Å². The van der Waals surface area contributed by atoms with Crippen molar-refractivity contribution in [2.24, 2.45) is 0 Å². The first-order valence-electron chi connectivity index (χ1n) is 10.9. The summed E-state index contributed by atoms with van der Waals surface area (Å²) in [5, 5.41) is 5.66. The van der Waals surface area contributed by atoms with Crippen molar-refractivity contribution in [2.45, 2.75) is 25.8 Å². The number of carbonyl (C=O) groups is 2. The topological polar surface area (TPSA) is 64.7 Å². The molecule has 1 fully saturated rings. The quantitative estimate of drug-likeness (QED) is 0.614. The van der Waals surface area contributed by atoms with E-state index in [2.05, 4.69) is 27.5 Å². The molecule has 6 nitrogen and oxygen atoms in total.